The van der Waals surface area contributed by atoms with E-state index in [1.807, 2.05) is 11.0 Å². The van der Waals surface area contributed by atoms with E-state index >= 15 is 0 Å². The second-order valence-electron chi connectivity index (χ2n) is 8.10. The van der Waals surface area contributed by atoms with Gasteiger partial charge < -0.3 is 14.4 Å². The summed E-state index contributed by atoms with van der Waals surface area (Å²) in [6.07, 6.45) is 4.79. The Bertz CT molecular complexity index is 1620. The molecule has 1 atom stereocenters. The highest BCUT2D eigenvalue weighted by atomic mass is 19.1. The van der Waals surface area contributed by atoms with Crippen LogP contribution in [-0.2, 0) is 0 Å². The Labute approximate surface area is 191 Å². The van der Waals surface area contributed by atoms with Crippen molar-refractivity contribution in [3.63, 3.8) is 0 Å². The Kier molecular flexibility index (Phi) is 4.45. The minimum atomic E-state index is -0.480. The number of aromatic hydroxyl groups is 1. The van der Waals surface area contributed by atoms with E-state index in [9.17, 15) is 13.9 Å². The summed E-state index contributed by atoms with van der Waals surface area (Å²) < 4.78 is 35.7. The van der Waals surface area contributed by atoms with Gasteiger partial charge in [0, 0.05) is 24.4 Å². The maximum atomic E-state index is 14.5. The van der Waals surface area contributed by atoms with Crippen molar-refractivity contribution in [3.05, 3.63) is 71.6 Å². The fourth-order valence-corrected chi connectivity index (χ4v) is 4.47. The average Bonchev–Trinajstić information content (AvgIpc) is 3.57. The highest BCUT2D eigenvalue weighted by molar-refractivity contribution is 5.82. The second kappa shape index (κ2) is 7.52. The van der Waals surface area contributed by atoms with Crippen LogP contribution < -0.4 is 4.90 Å². The molecule has 0 bridgehead atoms. The molecule has 0 amide bonds. The number of rotatable bonds is 3. The van der Waals surface area contributed by atoms with Crippen LogP contribution in [0.25, 0.3) is 28.2 Å². The highest BCUT2D eigenvalue weighted by Crippen LogP contribution is 2.37. The third-order valence-corrected chi connectivity index (χ3v) is 6.08. The van der Waals surface area contributed by atoms with E-state index in [4.69, 9.17) is 14.7 Å². The van der Waals surface area contributed by atoms with Crippen molar-refractivity contribution in [1.29, 1.82) is 5.26 Å². The summed E-state index contributed by atoms with van der Waals surface area (Å²) in [6.45, 7) is 0.645. The van der Waals surface area contributed by atoms with Crippen molar-refractivity contribution in [2.24, 2.45) is 0 Å². The van der Waals surface area contributed by atoms with Crippen LogP contribution in [0.3, 0.4) is 0 Å². The number of aromatic nitrogens is 4. The van der Waals surface area contributed by atoms with E-state index < -0.39 is 11.6 Å². The molecule has 0 spiro atoms. The van der Waals surface area contributed by atoms with Crippen molar-refractivity contribution < 1.29 is 18.3 Å². The lowest BCUT2D eigenvalue weighted by molar-refractivity contribution is 0.473. The first kappa shape index (κ1) is 20.1. The minimum Gasteiger partial charge on any atom is -0.506 e. The molecule has 5 aromatic rings. The van der Waals surface area contributed by atoms with Crippen molar-refractivity contribution >= 4 is 22.6 Å². The maximum absolute atomic E-state index is 14.5. The normalized spacial score (nSPS) is 15.9. The van der Waals surface area contributed by atoms with Crippen molar-refractivity contribution in [3.8, 4) is 23.3 Å². The molecule has 34 heavy (non-hydrogen) atoms. The molecular weight excluding hydrogens is 442 g/mol. The summed E-state index contributed by atoms with van der Waals surface area (Å²) in [5, 5.41) is 23.4. The number of fused-ring (bicyclic) bond motifs is 2. The standard InChI is InChI=1S/C24H16F2N6O2/c25-14-3-4-17(26)15(9-14)19-2-1-6-31(19)22-5-7-32-23(30-22)16(12-28-32)24-29-18-8-13(11-27)20(33)10-21(18)34-24/h3-5,7-10,12,19,33H,1-2,6H2/t19-/m1/s1. The molecule has 0 unspecified atom stereocenters. The van der Waals surface area contributed by atoms with Crippen LogP contribution in [0.15, 0.2) is 53.2 Å². The molecule has 2 aromatic carbocycles. The van der Waals surface area contributed by atoms with Gasteiger partial charge in [-0.2, -0.15) is 10.4 Å². The van der Waals surface area contributed by atoms with E-state index in [-0.39, 0.29) is 23.2 Å². The number of benzene rings is 2. The zero-order valence-corrected chi connectivity index (χ0v) is 17.6. The van der Waals surface area contributed by atoms with Gasteiger partial charge in [0.1, 0.15) is 40.4 Å². The number of oxazole rings is 1. The van der Waals surface area contributed by atoms with Crippen LogP contribution in [-0.4, -0.2) is 31.2 Å². The number of nitriles is 1. The molecule has 3 aromatic heterocycles. The fourth-order valence-electron chi connectivity index (χ4n) is 4.47. The summed E-state index contributed by atoms with van der Waals surface area (Å²) >= 11 is 0. The Morgan fingerprint density at radius 3 is 2.88 bits per heavy atom. The van der Waals surface area contributed by atoms with Gasteiger partial charge in [0.15, 0.2) is 11.2 Å². The number of nitrogens with zero attached hydrogens (tertiary/aromatic N) is 6. The van der Waals surface area contributed by atoms with E-state index in [1.54, 1.807) is 23.0 Å². The molecular formula is C24H16F2N6O2. The van der Waals surface area contributed by atoms with E-state index in [1.165, 1.54) is 18.2 Å². The van der Waals surface area contributed by atoms with Crippen LogP contribution in [0.4, 0.5) is 14.6 Å². The van der Waals surface area contributed by atoms with Gasteiger partial charge in [-0.3, -0.25) is 0 Å². The lowest BCUT2D eigenvalue weighted by Gasteiger charge is -2.26. The largest absolute Gasteiger partial charge is 0.506 e. The predicted molar refractivity (Wildman–Crippen MR) is 118 cm³/mol. The van der Waals surface area contributed by atoms with Crippen molar-refractivity contribution in [2.75, 3.05) is 11.4 Å². The van der Waals surface area contributed by atoms with Gasteiger partial charge in [-0.1, -0.05) is 0 Å². The number of phenolic OH excluding ortho intramolecular Hbond substituents is 1. The Morgan fingerprint density at radius 2 is 2.03 bits per heavy atom. The molecule has 0 radical (unpaired) electrons. The zero-order valence-electron chi connectivity index (χ0n) is 17.6. The smallest absolute Gasteiger partial charge is 0.232 e. The van der Waals surface area contributed by atoms with E-state index in [0.29, 0.717) is 46.7 Å². The molecule has 10 heteroatoms. The van der Waals surface area contributed by atoms with Crippen LogP contribution in [0.2, 0.25) is 0 Å². The highest BCUT2D eigenvalue weighted by Gasteiger charge is 2.30. The van der Waals surface area contributed by atoms with Crippen molar-refractivity contribution in [2.45, 2.75) is 18.9 Å². The first-order valence-corrected chi connectivity index (χ1v) is 10.6. The first-order chi connectivity index (χ1) is 16.5. The topological polar surface area (TPSA) is 103 Å². The molecule has 1 aliphatic rings. The van der Waals surface area contributed by atoms with Crippen LogP contribution in [0.1, 0.15) is 30.0 Å². The molecule has 1 N–H and O–H groups in total. The molecule has 0 saturated carbocycles. The van der Waals surface area contributed by atoms with E-state index in [0.717, 1.165) is 18.6 Å². The number of phenols is 1. The quantitative estimate of drug-likeness (QED) is 0.417. The molecule has 1 aliphatic heterocycles. The molecule has 8 nitrogen and oxygen atoms in total. The SMILES string of the molecule is N#Cc1cc2nc(-c3cnn4ccc(N5CCC[C@@H]5c5cc(F)ccc5F)nc34)oc2cc1O. The first-order valence-electron chi connectivity index (χ1n) is 10.6. The summed E-state index contributed by atoms with van der Waals surface area (Å²) in [5.74, 6) is -0.288. The molecule has 4 heterocycles. The summed E-state index contributed by atoms with van der Waals surface area (Å²) in [7, 11) is 0. The Morgan fingerprint density at radius 1 is 1.15 bits per heavy atom. The monoisotopic (exact) mass is 458 g/mol. The third kappa shape index (κ3) is 3.13. The molecule has 168 valence electrons. The van der Waals surface area contributed by atoms with Gasteiger partial charge in [-0.25, -0.2) is 23.3 Å². The average molecular weight is 458 g/mol. The molecule has 0 aliphatic carbocycles. The predicted octanol–water partition coefficient (Wildman–Crippen LogP) is 4.73. The van der Waals surface area contributed by atoms with Crippen LogP contribution in [0, 0.1) is 23.0 Å². The fraction of sp³-hybridized carbons (Fsp3) is 0.167. The number of hydrogen-bond donors (Lipinski definition) is 1. The van der Waals surface area contributed by atoms with Gasteiger partial charge >= 0.3 is 0 Å². The van der Waals surface area contributed by atoms with Gasteiger partial charge in [0.05, 0.1) is 17.8 Å². The Hall–Kier alpha value is -4.52. The van der Waals surface area contributed by atoms with Crippen LogP contribution >= 0.6 is 0 Å². The molecule has 6 rings (SSSR count). The van der Waals surface area contributed by atoms with Crippen LogP contribution in [0.5, 0.6) is 5.75 Å². The van der Waals surface area contributed by atoms with E-state index in [2.05, 4.69) is 10.1 Å². The Balaban J connectivity index is 1.43. The number of anilines is 1. The van der Waals surface area contributed by atoms with Gasteiger partial charge in [0.2, 0.25) is 5.89 Å². The lowest BCUT2D eigenvalue weighted by atomic mass is 10.0. The number of halogens is 2. The summed E-state index contributed by atoms with van der Waals surface area (Å²) in [6, 6.07) is 9.64. The molecule has 1 saturated heterocycles. The third-order valence-electron chi connectivity index (χ3n) is 6.08. The summed E-state index contributed by atoms with van der Waals surface area (Å²) in [5.41, 5.74) is 2.13. The maximum Gasteiger partial charge on any atom is 0.232 e. The zero-order chi connectivity index (χ0) is 23.4. The van der Waals surface area contributed by atoms with Gasteiger partial charge in [0.25, 0.3) is 0 Å². The second-order valence-corrected chi connectivity index (χ2v) is 8.10. The summed E-state index contributed by atoms with van der Waals surface area (Å²) in [4.78, 5) is 11.1. The van der Waals surface area contributed by atoms with Gasteiger partial charge in [-0.15, -0.1) is 0 Å². The minimum absolute atomic E-state index is 0.0947. The van der Waals surface area contributed by atoms with Gasteiger partial charge in [-0.05, 0) is 43.2 Å². The van der Waals surface area contributed by atoms with Crippen molar-refractivity contribution in [1.82, 2.24) is 19.6 Å². The lowest BCUT2D eigenvalue weighted by Crippen LogP contribution is -2.24. The molecule has 1 fully saturated rings. The number of hydrogen-bond acceptors (Lipinski definition) is 7.